The van der Waals surface area contributed by atoms with Gasteiger partial charge >= 0.3 is 5.97 Å². The molecular formula is C22H14O8. The standard InChI is InChI=1S/C22H14O8/c23-12-4-3-10(6-13(12)24)17-8-14(25)21-15(26)9-18-20(22(21)30-17)11(7-19(27)29-18)16-2-1-5-28-16/h1-6,8-9,11,23-24,26H,7H2/t11-/m1/s1. The zero-order valence-corrected chi connectivity index (χ0v) is 15.3. The summed E-state index contributed by atoms with van der Waals surface area (Å²) in [5.74, 6) is -1.51. The number of rotatable bonds is 2. The summed E-state index contributed by atoms with van der Waals surface area (Å²) in [5.41, 5.74) is 0.270. The number of fused-ring (bicyclic) bond motifs is 3. The highest BCUT2D eigenvalue weighted by molar-refractivity contribution is 5.93. The van der Waals surface area contributed by atoms with Crippen molar-refractivity contribution in [2.24, 2.45) is 0 Å². The maximum absolute atomic E-state index is 12.8. The fraction of sp³-hybridized carbons (Fsp3) is 0.0909. The minimum atomic E-state index is -0.578. The summed E-state index contributed by atoms with van der Waals surface area (Å²) in [4.78, 5) is 24.9. The van der Waals surface area contributed by atoms with Crippen LogP contribution in [0.2, 0.25) is 0 Å². The highest BCUT2D eigenvalue weighted by Crippen LogP contribution is 2.46. The Hall–Kier alpha value is -4.20. The molecule has 1 aliphatic rings. The quantitative estimate of drug-likeness (QED) is 0.261. The van der Waals surface area contributed by atoms with E-state index in [1.807, 2.05) is 0 Å². The number of hydrogen-bond donors (Lipinski definition) is 3. The Kier molecular flexibility index (Phi) is 3.82. The molecule has 0 aliphatic carbocycles. The van der Waals surface area contributed by atoms with Gasteiger partial charge in [0.25, 0.3) is 0 Å². The summed E-state index contributed by atoms with van der Waals surface area (Å²) < 4.78 is 16.8. The van der Waals surface area contributed by atoms with E-state index in [0.29, 0.717) is 16.9 Å². The van der Waals surface area contributed by atoms with E-state index in [4.69, 9.17) is 13.6 Å². The highest BCUT2D eigenvalue weighted by atomic mass is 16.5. The van der Waals surface area contributed by atoms with Crippen LogP contribution in [0.25, 0.3) is 22.3 Å². The zero-order chi connectivity index (χ0) is 21.0. The fourth-order valence-electron chi connectivity index (χ4n) is 3.71. The lowest BCUT2D eigenvalue weighted by molar-refractivity contribution is -0.135. The predicted molar refractivity (Wildman–Crippen MR) is 104 cm³/mol. The van der Waals surface area contributed by atoms with Gasteiger partial charge in [-0.3, -0.25) is 9.59 Å². The number of esters is 1. The number of carbonyl (C=O) groups excluding carboxylic acids is 1. The summed E-state index contributed by atoms with van der Waals surface area (Å²) in [7, 11) is 0. The highest BCUT2D eigenvalue weighted by Gasteiger charge is 2.35. The van der Waals surface area contributed by atoms with E-state index in [2.05, 4.69) is 0 Å². The average Bonchev–Trinajstić information content (AvgIpc) is 3.23. The van der Waals surface area contributed by atoms with Crippen LogP contribution in [0.1, 0.15) is 23.7 Å². The van der Waals surface area contributed by atoms with E-state index >= 15 is 0 Å². The van der Waals surface area contributed by atoms with Gasteiger partial charge in [-0.1, -0.05) is 0 Å². The van der Waals surface area contributed by atoms with Gasteiger partial charge in [-0.2, -0.15) is 0 Å². The van der Waals surface area contributed by atoms with Crippen molar-refractivity contribution >= 4 is 16.9 Å². The molecule has 0 saturated heterocycles. The fourth-order valence-corrected chi connectivity index (χ4v) is 3.71. The van der Waals surface area contributed by atoms with Crippen molar-refractivity contribution in [1.82, 2.24) is 0 Å². The molecule has 2 aromatic heterocycles. The van der Waals surface area contributed by atoms with E-state index in [9.17, 15) is 24.9 Å². The molecule has 8 heteroatoms. The van der Waals surface area contributed by atoms with Crippen molar-refractivity contribution in [3.8, 4) is 34.3 Å². The van der Waals surface area contributed by atoms with Crippen molar-refractivity contribution in [3.63, 3.8) is 0 Å². The Balaban J connectivity index is 1.83. The van der Waals surface area contributed by atoms with E-state index in [-0.39, 0.29) is 46.1 Å². The number of phenols is 3. The summed E-state index contributed by atoms with van der Waals surface area (Å²) in [6.45, 7) is 0. The predicted octanol–water partition coefficient (Wildman–Crippen LogP) is 3.61. The Morgan fingerprint density at radius 2 is 1.77 bits per heavy atom. The summed E-state index contributed by atoms with van der Waals surface area (Å²) in [5, 5.41) is 29.7. The lowest BCUT2D eigenvalue weighted by Gasteiger charge is -2.24. The molecule has 2 aromatic carbocycles. The van der Waals surface area contributed by atoms with E-state index in [1.54, 1.807) is 12.1 Å². The van der Waals surface area contributed by atoms with Crippen molar-refractivity contribution in [2.75, 3.05) is 0 Å². The first-order chi connectivity index (χ1) is 14.4. The van der Waals surface area contributed by atoms with Crippen LogP contribution in [0.3, 0.4) is 0 Å². The Labute approximate surface area is 168 Å². The summed E-state index contributed by atoms with van der Waals surface area (Å²) in [6, 6.07) is 9.76. The summed E-state index contributed by atoms with van der Waals surface area (Å²) >= 11 is 0. The second-order valence-electron chi connectivity index (χ2n) is 6.94. The molecule has 0 saturated carbocycles. The Morgan fingerprint density at radius 1 is 0.933 bits per heavy atom. The first kappa shape index (κ1) is 17.9. The third-order valence-electron chi connectivity index (χ3n) is 5.07. The van der Waals surface area contributed by atoms with Gasteiger partial charge in [0.15, 0.2) is 16.9 Å². The number of carbonyl (C=O) groups is 1. The number of phenolic OH excluding ortho intramolecular Hbond substituents is 3. The van der Waals surface area contributed by atoms with Gasteiger partial charge in [0.05, 0.1) is 18.6 Å². The minimum Gasteiger partial charge on any atom is -0.507 e. The van der Waals surface area contributed by atoms with Crippen molar-refractivity contribution in [1.29, 1.82) is 0 Å². The third-order valence-corrected chi connectivity index (χ3v) is 5.07. The maximum Gasteiger partial charge on any atom is 0.312 e. The van der Waals surface area contributed by atoms with Crippen molar-refractivity contribution < 1.29 is 33.7 Å². The molecule has 30 heavy (non-hydrogen) atoms. The second-order valence-corrected chi connectivity index (χ2v) is 6.94. The van der Waals surface area contributed by atoms with Crippen molar-refractivity contribution in [2.45, 2.75) is 12.3 Å². The first-order valence-corrected chi connectivity index (χ1v) is 9.02. The number of benzene rings is 2. The molecule has 3 heterocycles. The molecule has 3 N–H and O–H groups in total. The maximum atomic E-state index is 12.8. The minimum absolute atomic E-state index is 0.0334. The number of hydrogen-bond acceptors (Lipinski definition) is 8. The van der Waals surface area contributed by atoms with E-state index in [1.165, 1.54) is 36.6 Å². The topological polar surface area (TPSA) is 130 Å². The normalized spacial score (nSPS) is 15.7. The molecule has 0 amide bonds. The molecule has 0 radical (unpaired) electrons. The van der Waals surface area contributed by atoms with E-state index < -0.39 is 17.3 Å². The molecule has 1 atom stereocenters. The lowest BCUT2D eigenvalue weighted by atomic mass is 9.88. The Morgan fingerprint density at radius 3 is 2.50 bits per heavy atom. The molecule has 0 fully saturated rings. The lowest BCUT2D eigenvalue weighted by Crippen LogP contribution is -2.21. The molecule has 150 valence electrons. The monoisotopic (exact) mass is 406 g/mol. The van der Waals surface area contributed by atoms with Gasteiger partial charge < -0.3 is 28.9 Å². The van der Waals surface area contributed by atoms with Crippen molar-refractivity contribution in [3.05, 3.63) is 70.3 Å². The molecule has 0 bridgehead atoms. The van der Waals surface area contributed by atoms with Gasteiger partial charge in [0, 0.05) is 23.3 Å². The molecule has 4 aromatic rings. The molecule has 0 unspecified atom stereocenters. The number of ether oxygens (including phenoxy) is 1. The largest absolute Gasteiger partial charge is 0.507 e. The number of furan rings is 1. The molecule has 0 spiro atoms. The molecular weight excluding hydrogens is 392 g/mol. The van der Waals surface area contributed by atoms with Crippen LogP contribution in [-0.4, -0.2) is 21.3 Å². The van der Waals surface area contributed by atoms with E-state index in [0.717, 1.165) is 0 Å². The third kappa shape index (κ3) is 2.69. The number of aromatic hydroxyl groups is 3. The van der Waals surface area contributed by atoms with Crippen LogP contribution >= 0.6 is 0 Å². The van der Waals surface area contributed by atoms with Crippen LogP contribution in [0.5, 0.6) is 23.0 Å². The molecule has 1 aliphatic heterocycles. The zero-order valence-electron chi connectivity index (χ0n) is 15.3. The van der Waals surface area contributed by atoms with Crippen LogP contribution in [0, 0.1) is 0 Å². The van der Waals surface area contributed by atoms with Gasteiger partial charge in [-0.15, -0.1) is 0 Å². The van der Waals surface area contributed by atoms with Gasteiger partial charge in [0.2, 0.25) is 0 Å². The van der Waals surface area contributed by atoms with Gasteiger partial charge in [0.1, 0.15) is 34.0 Å². The second kappa shape index (κ2) is 6.41. The SMILES string of the molecule is O=C1C[C@H](c2ccco2)c2c(cc(O)c3c(=O)cc(-c4ccc(O)c(O)c4)oc23)O1. The van der Waals surface area contributed by atoms with Gasteiger partial charge in [-0.25, -0.2) is 0 Å². The average molecular weight is 406 g/mol. The molecule has 8 nitrogen and oxygen atoms in total. The Bertz CT molecular complexity index is 1360. The smallest absolute Gasteiger partial charge is 0.312 e. The first-order valence-electron chi connectivity index (χ1n) is 9.02. The van der Waals surface area contributed by atoms with Gasteiger partial charge in [-0.05, 0) is 30.3 Å². The summed E-state index contributed by atoms with van der Waals surface area (Å²) in [6.07, 6.45) is 1.44. The van der Waals surface area contributed by atoms with Crippen LogP contribution in [-0.2, 0) is 4.79 Å². The van der Waals surface area contributed by atoms with Crippen LogP contribution in [0.15, 0.2) is 62.4 Å². The van der Waals surface area contributed by atoms with Crippen LogP contribution < -0.4 is 10.2 Å². The van der Waals surface area contributed by atoms with Crippen LogP contribution in [0.4, 0.5) is 0 Å². The molecule has 5 rings (SSSR count).